The monoisotopic (exact) mass is 1020 g/mol. The summed E-state index contributed by atoms with van der Waals surface area (Å²) < 4.78 is 31.2. The summed E-state index contributed by atoms with van der Waals surface area (Å²) in [6.07, 6.45) is -9.80. The Kier molecular flexibility index (Phi) is 11.6. The van der Waals surface area contributed by atoms with Crippen molar-refractivity contribution in [3.05, 3.63) is 104 Å². The number of nitrogens with one attached hydrogen (secondary N) is 3. The van der Waals surface area contributed by atoms with Gasteiger partial charge in [0.25, 0.3) is 11.4 Å². The third-order valence-electron chi connectivity index (χ3n) is 15.3. The molecule has 13 atom stereocenters. The number of hydrogen-bond donors (Lipinski definition) is 14. The minimum absolute atomic E-state index is 0.0412. The number of aromatic amines is 1. The van der Waals surface area contributed by atoms with E-state index in [1.54, 1.807) is 18.5 Å². The number of aliphatic hydroxyl groups excluding tert-OH is 6. The van der Waals surface area contributed by atoms with Crippen LogP contribution in [-0.2, 0) is 36.6 Å². The van der Waals surface area contributed by atoms with Crippen molar-refractivity contribution in [2.24, 2.45) is 5.92 Å². The minimum Gasteiger partial charge on any atom is -0.507 e. The lowest BCUT2D eigenvalue weighted by Gasteiger charge is -2.57. The van der Waals surface area contributed by atoms with Crippen LogP contribution < -0.4 is 20.8 Å². The largest absolute Gasteiger partial charge is 0.507 e. The van der Waals surface area contributed by atoms with E-state index in [4.69, 9.17) is 23.4 Å². The van der Waals surface area contributed by atoms with Crippen LogP contribution >= 0.6 is 0 Å². The number of aliphatic hydroxyl groups is 7. The van der Waals surface area contributed by atoms with Gasteiger partial charge in [-0.15, -0.1) is 0 Å². The molecule has 22 nitrogen and oxygen atoms in total. The molecule has 13 unspecified atom stereocenters. The van der Waals surface area contributed by atoms with Gasteiger partial charge >= 0.3 is 11.9 Å². The Bertz CT molecular complexity index is 3360. The van der Waals surface area contributed by atoms with Gasteiger partial charge in [0.1, 0.15) is 58.2 Å². The highest BCUT2D eigenvalue weighted by Gasteiger charge is 2.75. The maximum absolute atomic E-state index is 15.2. The Morgan fingerprint density at radius 3 is 2.53 bits per heavy atom. The van der Waals surface area contributed by atoms with Gasteiger partial charge in [-0.25, -0.2) is 9.59 Å². The number of aromatic nitrogens is 1. The van der Waals surface area contributed by atoms with Gasteiger partial charge in [0.15, 0.2) is 23.0 Å². The van der Waals surface area contributed by atoms with Crippen LogP contribution in [-0.4, -0.2) is 152 Å². The van der Waals surface area contributed by atoms with Gasteiger partial charge in [-0.3, -0.25) is 10.1 Å². The number of fused-ring (bicyclic) bond motifs is 7. The van der Waals surface area contributed by atoms with Gasteiger partial charge in [0.2, 0.25) is 11.9 Å². The summed E-state index contributed by atoms with van der Waals surface area (Å²) in [4.78, 5) is 45.6. The maximum Gasteiger partial charge on any atom is 0.351 e. The number of aliphatic carboxylic acids is 1. The molecule has 3 fully saturated rings. The van der Waals surface area contributed by atoms with Gasteiger partial charge in [-0.05, 0) is 54.6 Å². The van der Waals surface area contributed by atoms with E-state index in [9.17, 15) is 65.8 Å². The number of benzene rings is 2. The average molecular weight is 1020 g/mol. The zero-order chi connectivity index (χ0) is 52.4. The second kappa shape index (κ2) is 17.5. The van der Waals surface area contributed by atoms with Gasteiger partial charge in [-0.2, -0.15) is 0 Å². The standard InChI is InChI=1S/C52H49N3O19/c1-22-5-11-54-45-28(22)15-26(21-55-45)29-17-27-18-30-23(6-12-53-30)4-2-9-50(69)43(64)44(65)52(27,74-51(50)10-3-8-49(47(66)67)42(63)40(61)41(62)46(73-49)71-48(51)68)72-35-20-34-37(39(60)36(29)35)31(57)19-33(70-34)25-14-24(7-13-56)38(59)32(58)16-25/h6,12,14-17,19-22,29,40-46,53-56,58-65,69H,5,7,9-11,13,18H2,1H3,(H,66,67). The van der Waals surface area contributed by atoms with Crippen molar-refractivity contribution in [1.29, 1.82) is 0 Å². The Hall–Kier alpha value is -7.19. The molecule has 4 bridgehead atoms. The summed E-state index contributed by atoms with van der Waals surface area (Å²) in [5.74, 6) is 0.238. The molecule has 2 aromatic heterocycles. The number of phenols is 3. The second-order valence-corrected chi connectivity index (χ2v) is 19.5. The quantitative estimate of drug-likeness (QED) is 0.0511. The maximum atomic E-state index is 15.2. The number of rotatable bonds is 5. The summed E-state index contributed by atoms with van der Waals surface area (Å²) in [5, 5.41) is 132. The van der Waals surface area contributed by atoms with Crippen molar-refractivity contribution in [3.8, 4) is 58.0 Å². The molecule has 2 spiro atoms. The first-order chi connectivity index (χ1) is 35.3. The van der Waals surface area contributed by atoms with E-state index in [1.165, 1.54) is 18.2 Å². The van der Waals surface area contributed by atoms with E-state index in [0.717, 1.165) is 24.1 Å². The Morgan fingerprint density at radius 2 is 1.76 bits per heavy atom. The first kappa shape index (κ1) is 49.0. The lowest BCUT2D eigenvalue weighted by Crippen LogP contribution is -2.80. The van der Waals surface area contributed by atoms with Crippen molar-refractivity contribution in [2.45, 2.75) is 111 Å². The number of ether oxygens (including phenoxy) is 4. The lowest BCUT2D eigenvalue weighted by molar-refractivity contribution is -0.378. The third kappa shape index (κ3) is 7.10. The number of aromatic hydroxyl groups is 3. The second-order valence-electron chi connectivity index (χ2n) is 19.5. The number of dihydropyridines is 1. The van der Waals surface area contributed by atoms with Gasteiger partial charge in [0.05, 0.1) is 12.6 Å². The fourth-order valence-corrected chi connectivity index (χ4v) is 11.2. The number of phenolic OH excluding ortho intramolecular Hbond substituents is 3. The van der Waals surface area contributed by atoms with Crippen LogP contribution in [0.25, 0.3) is 22.3 Å². The SMILES string of the molecule is CC1CCNC2NC=C(C3C=C4Cc5[nH]ccc5C#CCC5(O)C(O)C(O)C4(Oc4cc6oc(-c7cc(O)c(O)c(CCO)c7)cc(=O)c6c(O)c43)OC53CC#CC4(C(=O)O)OC(OC3=O)C(O)C(O)C4O)C=C12. The number of piperidine rings is 1. The van der Waals surface area contributed by atoms with Crippen LogP contribution in [0.5, 0.6) is 23.0 Å². The van der Waals surface area contributed by atoms with Gasteiger partial charge in [-0.1, -0.05) is 42.8 Å². The molecular formula is C52H49N3O19. The molecule has 2 aromatic carbocycles. The van der Waals surface area contributed by atoms with Crippen LogP contribution in [0.15, 0.2) is 80.8 Å². The number of carbonyl (C=O) groups excluding carboxylic acids is 1. The molecule has 74 heavy (non-hydrogen) atoms. The van der Waals surface area contributed by atoms with E-state index in [0.29, 0.717) is 23.4 Å². The number of carboxylic acids is 1. The number of carbonyl (C=O) groups is 2. The summed E-state index contributed by atoms with van der Waals surface area (Å²) in [6.45, 7) is 2.33. The highest BCUT2D eigenvalue weighted by molar-refractivity contribution is 5.90. The molecule has 0 radical (unpaired) electrons. The average Bonchev–Trinajstić information content (AvgIpc) is 3.80. The smallest absolute Gasteiger partial charge is 0.351 e. The molecule has 3 saturated heterocycles. The molecule has 0 amide bonds. The molecule has 386 valence electrons. The molecular weight excluding hydrogens is 971 g/mol. The number of H-pyrrole nitrogens is 1. The van der Waals surface area contributed by atoms with E-state index in [-0.39, 0.29) is 63.9 Å². The third-order valence-corrected chi connectivity index (χ3v) is 15.3. The van der Waals surface area contributed by atoms with Crippen molar-refractivity contribution in [2.75, 3.05) is 13.2 Å². The Balaban J connectivity index is 1.19. The predicted octanol–water partition coefficient (Wildman–Crippen LogP) is -0.660. The molecule has 22 heteroatoms. The van der Waals surface area contributed by atoms with Crippen LogP contribution in [0.2, 0.25) is 0 Å². The van der Waals surface area contributed by atoms with Gasteiger partial charge < -0.3 is 89.8 Å². The van der Waals surface area contributed by atoms with E-state index in [2.05, 4.69) is 39.3 Å². The molecule has 1 aliphatic carbocycles. The summed E-state index contributed by atoms with van der Waals surface area (Å²) >= 11 is 0. The fourth-order valence-electron chi connectivity index (χ4n) is 11.2. The van der Waals surface area contributed by atoms with Crippen LogP contribution in [0.4, 0.5) is 0 Å². The highest BCUT2D eigenvalue weighted by atomic mass is 16.8. The van der Waals surface area contributed by atoms with E-state index >= 15 is 4.79 Å². The Morgan fingerprint density at radius 1 is 0.959 bits per heavy atom. The molecule has 0 saturated carbocycles. The van der Waals surface area contributed by atoms with E-state index < -0.39 is 125 Å². The Labute approximate surface area is 418 Å². The molecule has 4 aromatic rings. The van der Waals surface area contributed by atoms with Crippen molar-refractivity contribution >= 4 is 22.9 Å². The fraction of sp³-hybridized carbons (Fsp3) is 0.404. The first-order valence-electron chi connectivity index (χ1n) is 23.7. The van der Waals surface area contributed by atoms with E-state index in [1.807, 2.05) is 13.0 Å². The van der Waals surface area contributed by atoms with Crippen molar-refractivity contribution < 1.29 is 89.1 Å². The predicted molar refractivity (Wildman–Crippen MR) is 251 cm³/mol. The number of hydrogen-bond acceptors (Lipinski definition) is 20. The highest BCUT2D eigenvalue weighted by Crippen LogP contribution is 2.56. The topological polar surface area (TPSA) is 364 Å². The molecule has 7 aliphatic heterocycles. The van der Waals surface area contributed by atoms with Crippen LogP contribution in [0.1, 0.15) is 54.5 Å². The van der Waals surface area contributed by atoms with Crippen molar-refractivity contribution in [3.63, 3.8) is 0 Å². The van der Waals surface area contributed by atoms with Crippen molar-refractivity contribution in [1.82, 2.24) is 15.6 Å². The van der Waals surface area contributed by atoms with Crippen LogP contribution in [0, 0.1) is 29.6 Å². The number of allylic oxidation sites excluding steroid dienone is 3. The summed E-state index contributed by atoms with van der Waals surface area (Å²) in [7, 11) is 0. The first-order valence-corrected chi connectivity index (χ1v) is 23.7. The van der Waals surface area contributed by atoms with Crippen LogP contribution in [0.3, 0.4) is 0 Å². The minimum atomic E-state index is -3.14. The summed E-state index contributed by atoms with van der Waals surface area (Å²) in [5.41, 5.74) is -8.37. The number of carboxylic acid groups (broad SMARTS) is 1. The molecule has 14 N–H and O–H groups in total. The van der Waals surface area contributed by atoms with Gasteiger partial charge in [0, 0.05) is 83.4 Å². The number of esters is 1. The molecule has 8 aliphatic rings. The summed E-state index contributed by atoms with van der Waals surface area (Å²) in [6, 6.07) is 6.34. The zero-order valence-corrected chi connectivity index (χ0v) is 39.0. The molecule has 9 heterocycles. The normalized spacial score (nSPS) is 34.9. The zero-order valence-electron chi connectivity index (χ0n) is 39.0. The lowest BCUT2D eigenvalue weighted by atomic mass is 9.67. The molecule has 12 rings (SSSR count).